The Morgan fingerprint density at radius 2 is 1.95 bits per heavy atom. The first-order valence-corrected chi connectivity index (χ1v) is 5.43. The second kappa shape index (κ2) is 5.17. The molecule has 4 nitrogen and oxygen atoms in total. The Kier molecular flexibility index (Phi) is 3.57. The van der Waals surface area contributed by atoms with Crippen molar-refractivity contribution < 1.29 is 17.9 Å². The largest absolute Gasteiger partial charge is 0.480 e. The molecular formula is C13H8F3N3O. The Bertz CT molecular complexity index is 660. The van der Waals surface area contributed by atoms with Crippen molar-refractivity contribution in [2.45, 2.75) is 6.18 Å². The molecule has 2 heterocycles. The number of ether oxygens (including phenoxy) is 1. The van der Waals surface area contributed by atoms with Gasteiger partial charge in [0, 0.05) is 18.0 Å². The summed E-state index contributed by atoms with van der Waals surface area (Å²) in [4.78, 5) is 7.64. The van der Waals surface area contributed by atoms with Crippen LogP contribution in [0, 0.1) is 11.3 Å². The molecule has 0 atom stereocenters. The van der Waals surface area contributed by atoms with Gasteiger partial charge in [-0.3, -0.25) is 4.98 Å². The summed E-state index contributed by atoms with van der Waals surface area (Å²) in [6, 6.07) is 5.52. The number of alkyl halides is 3. The molecule has 0 aliphatic carbocycles. The maximum absolute atomic E-state index is 12.4. The Labute approximate surface area is 112 Å². The van der Waals surface area contributed by atoms with Crippen molar-refractivity contribution in [1.82, 2.24) is 9.97 Å². The molecule has 0 radical (unpaired) electrons. The predicted molar refractivity (Wildman–Crippen MR) is 63.7 cm³/mol. The van der Waals surface area contributed by atoms with Crippen LogP contribution in [0.2, 0.25) is 0 Å². The summed E-state index contributed by atoms with van der Waals surface area (Å²) in [6.45, 7) is 0. The van der Waals surface area contributed by atoms with Crippen LogP contribution in [0.4, 0.5) is 13.2 Å². The van der Waals surface area contributed by atoms with Gasteiger partial charge in [0.25, 0.3) is 0 Å². The van der Waals surface area contributed by atoms with E-state index in [0.717, 1.165) is 12.3 Å². The van der Waals surface area contributed by atoms with Crippen LogP contribution in [0.15, 0.2) is 30.6 Å². The van der Waals surface area contributed by atoms with Crippen molar-refractivity contribution >= 4 is 0 Å². The molecule has 7 heteroatoms. The fraction of sp³-hybridized carbons (Fsp3) is 0.154. The summed E-state index contributed by atoms with van der Waals surface area (Å²) in [7, 11) is 1.37. The van der Waals surface area contributed by atoms with E-state index in [-0.39, 0.29) is 11.4 Å². The second-order valence-electron chi connectivity index (χ2n) is 3.82. The third-order valence-electron chi connectivity index (χ3n) is 2.55. The first-order chi connectivity index (χ1) is 9.45. The molecule has 0 amide bonds. The Hall–Kier alpha value is -2.62. The summed E-state index contributed by atoms with van der Waals surface area (Å²) < 4.78 is 42.2. The van der Waals surface area contributed by atoms with Gasteiger partial charge in [-0.25, -0.2) is 4.98 Å². The van der Waals surface area contributed by atoms with Crippen molar-refractivity contribution in [3.63, 3.8) is 0 Å². The minimum absolute atomic E-state index is 0.156. The average Bonchev–Trinajstić information content (AvgIpc) is 2.45. The first kappa shape index (κ1) is 13.8. The van der Waals surface area contributed by atoms with Crippen molar-refractivity contribution in [3.8, 4) is 23.2 Å². The van der Waals surface area contributed by atoms with E-state index in [1.807, 2.05) is 6.07 Å². The van der Waals surface area contributed by atoms with Crippen LogP contribution < -0.4 is 4.74 Å². The number of aromatic nitrogens is 2. The predicted octanol–water partition coefficient (Wildman–Crippen LogP) is 3.04. The molecule has 2 aromatic heterocycles. The SMILES string of the molecule is COc1ncc(-c2ccc(C(F)(F)F)cn2)cc1C#N. The number of methoxy groups -OCH3 is 1. The number of rotatable bonds is 2. The third kappa shape index (κ3) is 2.69. The molecule has 0 aromatic carbocycles. The third-order valence-corrected chi connectivity index (χ3v) is 2.55. The molecule has 102 valence electrons. The summed E-state index contributed by atoms with van der Waals surface area (Å²) in [5.74, 6) is 0.156. The summed E-state index contributed by atoms with van der Waals surface area (Å²) in [5.41, 5.74) is 0.0932. The van der Waals surface area contributed by atoms with E-state index in [4.69, 9.17) is 10.00 Å². The molecule has 2 rings (SSSR count). The van der Waals surface area contributed by atoms with Crippen LogP contribution >= 0.6 is 0 Å². The second-order valence-corrected chi connectivity index (χ2v) is 3.82. The van der Waals surface area contributed by atoms with Crippen LogP contribution in [-0.2, 0) is 6.18 Å². The number of nitriles is 1. The fourth-order valence-electron chi connectivity index (χ4n) is 1.57. The molecule has 20 heavy (non-hydrogen) atoms. The van der Waals surface area contributed by atoms with E-state index < -0.39 is 11.7 Å². The van der Waals surface area contributed by atoms with Gasteiger partial charge in [0.15, 0.2) is 0 Å². The number of halogens is 3. The highest BCUT2D eigenvalue weighted by molar-refractivity contribution is 5.61. The Morgan fingerprint density at radius 3 is 2.45 bits per heavy atom. The van der Waals surface area contributed by atoms with E-state index in [1.165, 1.54) is 25.4 Å². The van der Waals surface area contributed by atoms with E-state index >= 15 is 0 Å². The van der Waals surface area contributed by atoms with E-state index in [9.17, 15) is 13.2 Å². The zero-order valence-electron chi connectivity index (χ0n) is 10.3. The molecule has 0 aliphatic heterocycles. The quantitative estimate of drug-likeness (QED) is 0.847. The first-order valence-electron chi connectivity index (χ1n) is 5.43. The van der Waals surface area contributed by atoms with Crippen LogP contribution in [0.3, 0.4) is 0 Å². The molecule has 0 bridgehead atoms. The molecule has 2 aromatic rings. The van der Waals surface area contributed by atoms with E-state index in [1.54, 1.807) is 0 Å². The van der Waals surface area contributed by atoms with Crippen LogP contribution in [0.25, 0.3) is 11.3 Å². The lowest BCUT2D eigenvalue weighted by Crippen LogP contribution is -2.05. The number of nitrogens with zero attached hydrogens (tertiary/aromatic N) is 3. The molecular weight excluding hydrogens is 271 g/mol. The van der Waals surface area contributed by atoms with Gasteiger partial charge in [0.2, 0.25) is 5.88 Å². The van der Waals surface area contributed by atoms with Crippen molar-refractivity contribution in [2.75, 3.05) is 7.11 Å². The molecule has 0 saturated carbocycles. The molecule has 0 aliphatic rings. The van der Waals surface area contributed by atoms with Gasteiger partial charge < -0.3 is 4.74 Å². The number of pyridine rings is 2. The Morgan fingerprint density at radius 1 is 1.20 bits per heavy atom. The maximum atomic E-state index is 12.4. The smallest absolute Gasteiger partial charge is 0.417 e. The summed E-state index contributed by atoms with van der Waals surface area (Å²) in [6.07, 6.45) is -2.30. The van der Waals surface area contributed by atoms with Gasteiger partial charge in [-0.1, -0.05) is 0 Å². The standard InChI is InChI=1S/C13H8F3N3O/c1-20-12-8(5-17)4-9(6-19-12)11-3-2-10(7-18-11)13(14,15)16/h2-4,6-7H,1H3. The summed E-state index contributed by atoms with van der Waals surface area (Å²) in [5, 5.41) is 8.93. The highest BCUT2D eigenvalue weighted by Crippen LogP contribution is 2.30. The van der Waals surface area contributed by atoms with Gasteiger partial charge in [-0.05, 0) is 18.2 Å². The van der Waals surface area contributed by atoms with Gasteiger partial charge in [-0.2, -0.15) is 18.4 Å². The zero-order valence-corrected chi connectivity index (χ0v) is 10.3. The molecule has 0 spiro atoms. The van der Waals surface area contributed by atoms with Crippen LogP contribution in [-0.4, -0.2) is 17.1 Å². The lowest BCUT2D eigenvalue weighted by molar-refractivity contribution is -0.137. The topological polar surface area (TPSA) is 58.8 Å². The average molecular weight is 279 g/mol. The van der Waals surface area contributed by atoms with E-state index in [2.05, 4.69) is 9.97 Å². The summed E-state index contributed by atoms with van der Waals surface area (Å²) >= 11 is 0. The molecule has 0 unspecified atom stereocenters. The highest BCUT2D eigenvalue weighted by atomic mass is 19.4. The van der Waals surface area contributed by atoms with Gasteiger partial charge >= 0.3 is 6.18 Å². The normalized spacial score (nSPS) is 10.9. The van der Waals surface area contributed by atoms with Crippen LogP contribution in [0.5, 0.6) is 5.88 Å². The molecule has 0 N–H and O–H groups in total. The van der Waals surface area contributed by atoms with Gasteiger partial charge in [0.05, 0.1) is 18.4 Å². The van der Waals surface area contributed by atoms with Crippen molar-refractivity contribution in [3.05, 3.63) is 41.7 Å². The Balaban J connectivity index is 2.40. The van der Waals surface area contributed by atoms with Crippen molar-refractivity contribution in [2.24, 2.45) is 0 Å². The zero-order chi connectivity index (χ0) is 14.8. The lowest BCUT2D eigenvalue weighted by atomic mass is 10.1. The minimum Gasteiger partial charge on any atom is -0.480 e. The van der Waals surface area contributed by atoms with Gasteiger partial charge in [-0.15, -0.1) is 0 Å². The number of hydrogen-bond acceptors (Lipinski definition) is 4. The highest BCUT2D eigenvalue weighted by Gasteiger charge is 2.30. The van der Waals surface area contributed by atoms with Crippen molar-refractivity contribution in [1.29, 1.82) is 5.26 Å². The van der Waals surface area contributed by atoms with Crippen LogP contribution in [0.1, 0.15) is 11.1 Å². The monoisotopic (exact) mass is 279 g/mol. The minimum atomic E-state index is -4.43. The lowest BCUT2D eigenvalue weighted by Gasteiger charge is -2.07. The molecule has 0 fully saturated rings. The van der Waals surface area contributed by atoms with Gasteiger partial charge in [0.1, 0.15) is 11.6 Å². The fourth-order valence-corrected chi connectivity index (χ4v) is 1.57. The maximum Gasteiger partial charge on any atom is 0.417 e. The molecule has 0 saturated heterocycles. The number of hydrogen-bond donors (Lipinski definition) is 0. The van der Waals surface area contributed by atoms with E-state index in [0.29, 0.717) is 11.3 Å².